The molecule has 4 aliphatic rings. The van der Waals surface area contributed by atoms with Crippen LogP contribution in [0.4, 0.5) is 0 Å². The fourth-order valence-electron chi connectivity index (χ4n) is 9.55. The predicted octanol–water partition coefficient (Wildman–Crippen LogP) is 3.26. The summed E-state index contributed by atoms with van der Waals surface area (Å²) in [5, 5.41) is 25.5. The van der Waals surface area contributed by atoms with Crippen LogP contribution in [0.1, 0.15) is 91.5 Å². The van der Waals surface area contributed by atoms with Gasteiger partial charge in [0.1, 0.15) is 6.07 Å². The van der Waals surface area contributed by atoms with Gasteiger partial charge in [0.05, 0.1) is 23.9 Å². The summed E-state index contributed by atoms with van der Waals surface area (Å²) in [6, 6.07) is 2.17. The van der Waals surface area contributed by atoms with Crippen molar-refractivity contribution < 1.29 is 24.0 Å². The molecule has 0 bridgehead atoms. The molecule has 34 heavy (non-hydrogen) atoms. The number of aliphatic hydroxyl groups is 1. The molecule has 5 heteroatoms. The molecule has 1 N–H and O–H groups in total. The zero-order valence-corrected chi connectivity index (χ0v) is 22.4. The Balaban J connectivity index is 0.00000274. The number of hydrogen-bond donors (Lipinski definition) is 1. The van der Waals surface area contributed by atoms with E-state index in [0.29, 0.717) is 29.9 Å². The monoisotopic (exact) mass is 457 g/mol. The SMILES string of the molecule is C[C@H]1CC[C@H]2[C-](CC[C@@H]3C2CC[C@@]2(C)C3[C@H](C)[C@@H](C)C[C@@H]2[C@@](C)(O)Cn2cc(C#N)cn2)C1.[Li+]. The Morgan fingerprint density at radius 2 is 2.00 bits per heavy atom. The molecule has 4 nitrogen and oxygen atoms in total. The summed E-state index contributed by atoms with van der Waals surface area (Å²) in [4.78, 5) is 0. The van der Waals surface area contributed by atoms with Crippen molar-refractivity contribution >= 4 is 0 Å². The maximum Gasteiger partial charge on any atom is 1.00 e. The number of nitrogens with zero attached hydrogens (tertiary/aromatic N) is 3. The van der Waals surface area contributed by atoms with Gasteiger partial charge in [0.25, 0.3) is 0 Å². The molecule has 0 amide bonds. The number of hydrogen-bond acceptors (Lipinski definition) is 3. The van der Waals surface area contributed by atoms with Gasteiger partial charge in [-0.05, 0) is 54.8 Å². The van der Waals surface area contributed by atoms with E-state index in [0.717, 1.165) is 30.1 Å². The fourth-order valence-corrected chi connectivity index (χ4v) is 9.55. The van der Waals surface area contributed by atoms with Gasteiger partial charge in [0.2, 0.25) is 0 Å². The van der Waals surface area contributed by atoms with Crippen LogP contribution in [0.5, 0.6) is 0 Å². The second kappa shape index (κ2) is 9.61. The fraction of sp³-hybridized carbons (Fsp3) is 0.828. The second-order valence-electron chi connectivity index (χ2n) is 13.1. The predicted molar refractivity (Wildman–Crippen MR) is 131 cm³/mol. The molecule has 2 unspecified atom stereocenters. The first kappa shape index (κ1) is 26.3. The number of nitriles is 1. The van der Waals surface area contributed by atoms with Crippen molar-refractivity contribution in [1.82, 2.24) is 9.78 Å². The van der Waals surface area contributed by atoms with Crippen LogP contribution < -0.4 is 18.9 Å². The normalized spacial score (nSPS) is 43.9. The summed E-state index contributed by atoms with van der Waals surface area (Å²) in [6.45, 7) is 12.4. The van der Waals surface area contributed by atoms with Gasteiger partial charge in [-0.25, -0.2) is 0 Å². The van der Waals surface area contributed by atoms with Crippen molar-refractivity contribution in [2.75, 3.05) is 0 Å². The van der Waals surface area contributed by atoms with Crippen molar-refractivity contribution in [1.29, 1.82) is 5.26 Å². The van der Waals surface area contributed by atoms with E-state index in [4.69, 9.17) is 0 Å². The van der Waals surface area contributed by atoms with Crippen molar-refractivity contribution in [3.63, 3.8) is 0 Å². The maximum atomic E-state index is 11.9. The van der Waals surface area contributed by atoms with Gasteiger partial charge >= 0.3 is 18.9 Å². The first-order valence-electron chi connectivity index (χ1n) is 13.6. The number of rotatable bonds is 3. The summed E-state index contributed by atoms with van der Waals surface area (Å²) in [7, 11) is 0. The minimum Gasteiger partial charge on any atom is -0.388 e. The molecule has 1 aromatic rings. The Morgan fingerprint density at radius 3 is 2.71 bits per heavy atom. The average Bonchev–Trinajstić information content (AvgIpc) is 3.22. The van der Waals surface area contributed by atoms with E-state index in [-0.39, 0.29) is 30.2 Å². The van der Waals surface area contributed by atoms with E-state index in [1.54, 1.807) is 17.1 Å². The van der Waals surface area contributed by atoms with Crippen LogP contribution >= 0.6 is 0 Å². The third-order valence-electron chi connectivity index (χ3n) is 11.1. The van der Waals surface area contributed by atoms with Gasteiger partial charge in [0.15, 0.2) is 0 Å². The first-order valence-corrected chi connectivity index (χ1v) is 13.6. The standard InChI is InChI=1S/C29H44N3O.Li/c1-18-6-8-23-22(12-18)7-9-25-24(23)10-11-28(4)26(13-19(2)20(3)27(25)28)29(5,33)17-32-16-21(14-30)15-31-32;/h15-16,18-20,23-27,33H,6-13,17H2,1-5H3;/q-1;+1/t18-,19-,20+,23-,24?,25+,26-,27?,28+,29-;/m0./s1. The summed E-state index contributed by atoms with van der Waals surface area (Å²) < 4.78 is 1.79. The van der Waals surface area contributed by atoms with Crippen LogP contribution in [-0.2, 0) is 6.54 Å². The molecule has 10 atom stereocenters. The van der Waals surface area contributed by atoms with E-state index in [9.17, 15) is 10.4 Å². The van der Waals surface area contributed by atoms with Gasteiger partial charge in [-0.3, -0.25) is 4.68 Å². The van der Waals surface area contributed by atoms with Crippen LogP contribution in [0.15, 0.2) is 12.4 Å². The summed E-state index contributed by atoms with van der Waals surface area (Å²) >= 11 is 0. The van der Waals surface area contributed by atoms with Crippen LogP contribution in [0.3, 0.4) is 0 Å². The third kappa shape index (κ3) is 4.33. The van der Waals surface area contributed by atoms with E-state index in [1.807, 2.05) is 12.8 Å². The third-order valence-corrected chi connectivity index (χ3v) is 11.1. The Bertz CT molecular complexity index is 905. The van der Waals surface area contributed by atoms with Crippen LogP contribution in [0, 0.1) is 70.0 Å². The molecule has 1 aromatic heterocycles. The quantitative estimate of drug-likeness (QED) is 0.560. The molecule has 182 valence electrons. The Labute approximate surface area is 219 Å². The zero-order chi connectivity index (χ0) is 23.5. The molecular formula is C29H44LiN3O. The molecule has 0 aliphatic heterocycles. The van der Waals surface area contributed by atoms with Crippen LogP contribution in [-0.4, -0.2) is 20.5 Å². The van der Waals surface area contributed by atoms with E-state index >= 15 is 0 Å². The molecule has 0 aromatic carbocycles. The summed E-state index contributed by atoms with van der Waals surface area (Å²) in [5.41, 5.74) is -0.0994. The van der Waals surface area contributed by atoms with Crippen molar-refractivity contribution in [3.05, 3.63) is 23.9 Å². The smallest absolute Gasteiger partial charge is 0.388 e. The summed E-state index contributed by atoms with van der Waals surface area (Å²) in [5.74, 6) is 7.67. The van der Waals surface area contributed by atoms with E-state index < -0.39 is 5.60 Å². The van der Waals surface area contributed by atoms with Gasteiger partial charge in [-0.15, -0.1) is 0 Å². The molecule has 4 saturated carbocycles. The molecular weight excluding hydrogens is 413 g/mol. The Hall–Kier alpha value is -0.743. The van der Waals surface area contributed by atoms with Gasteiger partial charge in [-0.1, -0.05) is 65.2 Å². The summed E-state index contributed by atoms with van der Waals surface area (Å²) in [6.07, 6.45) is 14.0. The molecule has 4 fully saturated rings. The van der Waals surface area contributed by atoms with Crippen molar-refractivity contribution in [3.8, 4) is 6.07 Å². The molecule has 5 rings (SSSR count). The van der Waals surface area contributed by atoms with Crippen LogP contribution in [0.25, 0.3) is 0 Å². The molecule has 0 saturated heterocycles. The van der Waals surface area contributed by atoms with Gasteiger partial charge < -0.3 is 11.0 Å². The molecule has 0 radical (unpaired) electrons. The number of aromatic nitrogens is 2. The Morgan fingerprint density at radius 1 is 1.24 bits per heavy atom. The minimum absolute atomic E-state index is 0. The zero-order valence-electron chi connectivity index (χ0n) is 22.4. The molecule has 0 spiro atoms. The second-order valence-corrected chi connectivity index (χ2v) is 13.1. The first-order chi connectivity index (χ1) is 15.6. The average molecular weight is 458 g/mol. The molecule has 4 aliphatic carbocycles. The van der Waals surface area contributed by atoms with Crippen LogP contribution in [0.2, 0.25) is 0 Å². The Kier molecular flexibility index (Phi) is 7.44. The maximum absolute atomic E-state index is 11.9. The largest absolute Gasteiger partial charge is 1.00 e. The topological polar surface area (TPSA) is 61.8 Å². The van der Waals surface area contributed by atoms with Crippen molar-refractivity contribution in [2.45, 2.75) is 98.1 Å². The van der Waals surface area contributed by atoms with Gasteiger partial charge in [-0.2, -0.15) is 29.1 Å². The molecule has 1 heterocycles. The van der Waals surface area contributed by atoms with E-state index in [2.05, 4.69) is 38.9 Å². The number of fused-ring (bicyclic) bond motifs is 5. The van der Waals surface area contributed by atoms with Crippen molar-refractivity contribution in [2.24, 2.45) is 52.8 Å². The minimum atomic E-state index is -0.834. The van der Waals surface area contributed by atoms with E-state index in [1.165, 1.54) is 44.9 Å². The van der Waals surface area contributed by atoms with Gasteiger partial charge in [0, 0.05) is 6.20 Å².